The number of thiazole rings is 1. The second-order valence-corrected chi connectivity index (χ2v) is 8.74. The van der Waals surface area contributed by atoms with Gasteiger partial charge in [-0.2, -0.15) is 0 Å². The number of fused-ring (bicyclic) bond motifs is 1. The number of carbonyl (C=O) groups excluding carboxylic acids is 3. The van der Waals surface area contributed by atoms with E-state index in [9.17, 15) is 14.4 Å². The van der Waals surface area contributed by atoms with Crippen molar-refractivity contribution < 1.29 is 19.1 Å². The predicted molar refractivity (Wildman–Crippen MR) is 128 cm³/mol. The van der Waals surface area contributed by atoms with Gasteiger partial charge in [0.15, 0.2) is 5.13 Å². The van der Waals surface area contributed by atoms with Crippen molar-refractivity contribution >= 4 is 55.2 Å². The Morgan fingerprint density at radius 3 is 2.48 bits per heavy atom. The number of aromatic nitrogens is 1. The fourth-order valence-corrected chi connectivity index (χ4v) is 4.99. The molecule has 2 heterocycles. The highest BCUT2D eigenvalue weighted by molar-refractivity contribution is 7.22. The second-order valence-electron chi connectivity index (χ2n) is 7.70. The van der Waals surface area contributed by atoms with Crippen LogP contribution in [0, 0.1) is 0 Å². The summed E-state index contributed by atoms with van der Waals surface area (Å²) in [6.07, 6.45) is 0.532. The third-order valence-corrected chi connectivity index (χ3v) is 6.49. The average Bonchev–Trinajstić information content (AvgIpc) is 3.21. The number of benzene rings is 3. The molecule has 33 heavy (non-hydrogen) atoms. The molecule has 4 aromatic rings. The first-order chi connectivity index (χ1) is 16.0. The number of ether oxygens (including phenoxy) is 1. The lowest BCUT2D eigenvalue weighted by Crippen LogP contribution is -2.41. The summed E-state index contributed by atoms with van der Waals surface area (Å²) in [7, 11) is 0. The number of hydrogen-bond acceptors (Lipinski definition) is 6. The predicted octanol–water partition coefficient (Wildman–Crippen LogP) is 4.86. The minimum atomic E-state index is -0.319. The van der Waals surface area contributed by atoms with Crippen LogP contribution in [0.25, 0.3) is 21.0 Å². The molecule has 0 spiro atoms. The molecule has 5 rings (SSSR count). The van der Waals surface area contributed by atoms with Gasteiger partial charge < -0.3 is 10.1 Å². The van der Waals surface area contributed by atoms with E-state index >= 15 is 0 Å². The van der Waals surface area contributed by atoms with Crippen molar-refractivity contribution in [1.82, 2.24) is 9.88 Å². The number of rotatable bonds is 7. The quantitative estimate of drug-likeness (QED) is 0.399. The van der Waals surface area contributed by atoms with Gasteiger partial charge in [0.1, 0.15) is 5.75 Å². The highest BCUT2D eigenvalue weighted by Gasteiger charge is 2.32. The van der Waals surface area contributed by atoms with Crippen LogP contribution >= 0.6 is 11.3 Å². The molecule has 3 aromatic carbocycles. The van der Waals surface area contributed by atoms with E-state index in [-0.39, 0.29) is 30.7 Å². The Morgan fingerprint density at radius 2 is 1.79 bits per heavy atom. The van der Waals surface area contributed by atoms with E-state index in [0.717, 1.165) is 21.4 Å². The van der Waals surface area contributed by atoms with Gasteiger partial charge in [-0.15, -0.1) is 0 Å². The minimum Gasteiger partial charge on any atom is -0.494 e. The first kappa shape index (κ1) is 21.1. The fraction of sp³-hybridized carbons (Fsp3) is 0.200. The normalized spacial score (nSPS) is 13.1. The van der Waals surface area contributed by atoms with Crippen LogP contribution in [-0.2, 0) is 4.79 Å². The van der Waals surface area contributed by atoms with Gasteiger partial charge in [0.2, 0.25) is 5.91 Å². The summed E-state index contributed by atoms with van der Waals surface area (Å²) < 4.78 is 6.43. The maximum atomic E-state index is 12.9. The van der Waals surface area contributed by atoms with Crippen LogP contribution in [0.4, 0.5) is 5.13 Å². The van der Waals surface area contributed by atoms with Gasteiger partial charge in [-0.05, 0) is 49.1 Å². The van der Waals surface area contributed by atoms with E-state index in [2.05, 4.69) is 10.3 Å². The van der Waals surface area contributed by atoms with Crippen molar-refractivity contribution in [3.63, 3.8) is 0 Å². The molecule has 3 amide bonds. The van der Waals surface area contributed by atoms with Gasteiger partial charge >= 0.3 is 0 Å². The van der Waals surface area contributed by atoms with Gasteiger partial charge in [0, 0.05) is 29.5 Å². The third-order valence-electron chi connectivity index (χ3n) is 5.56. The molecular weight excluding hydrogens is 438 g/mol. The summed E-state index contributed by atoms with van der Waals surface area (Å²) in [4.78, 5) is 44.0. The second kappa shape index (κ2) is 8.63. The van der Waals surface area contributed by atoms with Crippen molar-refractivity contribution in [2.45, 2.75) is 19.8 Å². The number of carbonyl (C=O) groups is 3. The first-order valence-electron chi connectivity index (χ1n) is 10.8. The topological polar surface area (TPSA) is 88.6 Å². The van der Waals surface area contributed by atoms with Crippen molar-refractivity contribution in [2.24, 2.45) is 0 Å². The molecule has 1 aliphatic heterocycles. The molecule has 8 heteroatoms. The van der Waals surface area contributed by atoms with Crippen molar-refractivity contribution in [1.29, 1.82) is 0 Å². The number of nitrogens with one attached hydrogen (secondary N) is 1. The number of imide groups is 1. The van der Waals surface area contributed by atoms with E-state index in [1.165, 1.54) is 16.2 Å². The van der Waals surface area contributed by atoms with Crippen LogP contribution in [0.5, 0.6) is 5.75 Å². The zero-order chi connectivity index (χ0) is 22.9. The zero-order valence-electron chi connectivity index (χ0n) is 18.0. The van der Waals surface area contributed by atoms with Crippen LogP contribution in [0.2, 0.25) is 0 Å². The lowest BCUT2D eigenvalue weighted by molar-refractivity contribution is -0.116. The summed E-state index contributed by atoms with van der Waals surface area (Å²) in [5.74, 6) is -0.0832. The Labute approximate surface area is 194 Å². The number of hydrogen-bond donors (Lipinski definition) is 1. The summed E-state index contributed by atoms with van der Waals surface area (Å²) in [5.41, 5.74) is 1.83. The Hall–Kier alpha value is -3.78. The Bertz CT molecular complexity index is 1360. The van der Waals surface area contributed by atoms with Gasteiger partial charge in [-0.25, -0.2) is 4.98 Å². The van der Waals surface area contributed by atoms with Crippen molar-refractivity contribution in [3.8, 4) is 5.75 Å². The summed E-state index contributed by atoms with van der Waals surface area (Å²) in [6, 6.07) is 16.5. The monoisotopic (exact) mass is 459 g/mol. The fourth-order valence-electron chi connectivity index (χ4n) is 4.08. The van der Waals surface area contributed by atoms with E-state index in [1.54, 1.807) is 12.1 Å². The van der Waals surface area contributed by atoms with E-state index < -0.39 is 0 Å². The molecule has 0 aliphatic carbocycles. The average molecular weight is 460 g/mol. The number of nitrogens with zero attached hydrogens (tertiary/aromatic N) is 2. The van der Waals surface area contributed by atoms with Gasteiger partial charge in [0.25, 0.3) is 11.8 Å². The molecule has 166 valence electrons. The zero-order valence-corrected chi connectivity index (χ0v) is 18.8. The molecule has 1 N–H and O–H groups in total. The highest BCUT2D eigenvalue weighted by Crippen LogP contribution is 2.31. The van der Waals surface area contributed by atoms with E-state index in [4.69, 9.17) is 4.74 Å². The SMILES string of the molecule is CCOc1ccc2nc(NC(=O)CCCN3C(=O)c4cccc5cccc(c45)C3=O)sc2c1. The number of amides is 3. The van der Waals surface area contributed by atoms with Crippen molar-refractivity contribution in [2.75, 3.05) is 18.5 Å². The largest absolute Gasteiger partial charge is 0.494 e. The Kier molecular flexibility index (Phi) is 5.51. The smallest absolute Gasteiger partial charge is 0.261 e. The van der Waals surface area contributed by atoms with Crippen LogP contribution < -0.4 is 10.1 Å². The summed E-state index contributed by atoms with van der Waals surface area (Å²) in [5, 5.41) is 4.89. The molecule has 0 fully saturated rings. The first-order valence-corrected chi connectivity index (χ1v) is 11.6. The molecule has 0 radical (unpaired) electrons. The molecule has 0 saturated heterocycles. The lowest BCUT2D eigenvalue weighted by atomic mass is 9.94. The third kappa shape index (κ3) is 3.93. The highest BCUT2D eigenvalue weighted by atomic mass is 32.1. The molecule has 0 bridgehead atoms. The number of anilines is 1. The lowest BCUT2D eigenvalue weighted by Gasteiger charge is -2.27. The van der Waals surface area contributed by atoms with Crippen LogP contribution in [0.15, 0.2) is 54.6 Å². The van der Waals surface area contributed by atoms with Crippen LogP contribution in [0.1, 0.15) is 40.5 Å². The standard InChI is InChI=1S/C25H21N3O4S/c1-2-32-16-11-12-19-20(14-16)33-25(26-19)27-21(29)10-5-13-28-23(30)17-8-3-6-15-7-4-9-18(22(15)17)24(28)31/h3-4,6-9,11-12,14H,2,5,10,13H2,1H3,(H,26,27,29). The van der Waals surface area contributed by atoms with Crippen LogP contribution in [-0.4, -0.2) is 40.8 Å². The maximum Gasteiger partial charge on any atom is 0.261 e. The molecular formula is C25H21N3O4S. The summed E-state index contributed by atoms with van der Waals surface area (Å²) >= 11 is 1.38. The molecule has 1 aliphatic rings. The van der Waals surface area contributed by atoms with E-state index in [1.807, 2.05) is 49.4 Å². The van der Waals surface area contributed by atoms with Gasteiger partial charge in [0.05, 0.1) is 16.8 Å². The van der Waals surface area contributed by atoms with Gasteiger partial charge in [-0.3, -0.25) is 19.3 Å². The van der Waals surface area contributed by atoms with Crippen molar-refractivity contribution in [3.05, 3.63) is 65.7 Å². The van der Waals surface area contributed by atoms with Crippen LogP contribution in [0.3, 0.4) is 0 Å². The summed E-state index contributed by atoms with van der Waals surface area (Å²) in [6.45, 7) is 2.68. The Balaban J connectivity index is 1.23. The molecule has 7 nitrogen and oxygen atoms in total. The molecule has 0 unspecified atom stereocenters. The van der Waals surface area contributed by atoms with Gasteiger partial charge in [-0.1, -0.05) is 35.6 Å². The maximum absolute atomic E-state index is 12.9. The minimum absolute atomic E-state index is 0.170. The molecule has 0 saturated carbocycles. The molecule has 1 aromatic heterocycles. The molecule has 0 atom stereocenters. The van der Waals surface area contributed by atoms with E-state index in [0.29, 0.717) is 34.7 Å². The Morgan fingerprint density at radius 1 is 1.06 bits per heavy atom.